The first-order valence-corrected chi connectivity index (χ1v) is 7.04. The summed E-state index contributed by atoms with van der Waals surface area (Å²) in [5, 5.41) is 3.05. The predicted octanol–water partition coefficient (Wildman–Crippen LogP) is 2.57. The first-order valence-electron chi connectivity index (χ1n) is 7.04. The number of nitrogens with zero attached hydrogens (tertiary/aromatic N) is 2. The van der Waals surface area contributed by atoms with Crippen molar-refractivity contribution in [3.8, 4) is 0 Å². The van der Waals surface area contributed by atoms with Crippen molar-refractivity contribution in [1.29, 1.82) is 0 Å². The highest BCUT2D eigenvalue weighted by atomic mass is 16.2. The van der Waals surface area contributed by atoms with Gasteiger partial charge in [-0.1, -0.05) is 23.8 Å². The number of amides is 2. The van der Waals surface area contributed by atoms with Crippen LogP contribution >= 0.6 is 0 Å². The average molecular weight is 277 g/mol. The number of carbonyl (C=O) groups is 1. The highest BCUT2D eigenvalue weighted by molar-refractivity contribution is 5.74. The SMILES string of the molecule is Cc1ccc([C@H](C)NC(=O)N(C)CCN(C)C)c(C)c1. The van der Waals surface area contributed by atoms with Gasteiger partial charge < -0.3 is 15.1 Å². The molecule has 4 heteroatoms. The molecular formula is C16H27N3O. The maximum Gasteiger partial charge on any atom is 0.317 e. The Morgan fingerprint density at radius 3 is 2.40 bits per heavy atom. The Morgan fingerprint density at radius 1 is 1.20 bits per heavy atom. The fourth-order valence-corrected chi connectivity index (χ4v) is 2.14. The fourth-order valence-electron chi connectivity index (χ4n) is 2.14. The van der Waals surface area contributed by atoms with Crippen molar-refractivity contribution in [2.45, 2.75) is 26.8 Å². The van der Waals surface area contributed by atoms with Crippen LogP contribution in [0, 0.1) is 13.8 Å². The minimum Gasteiger partial charge on any atom is -0.331 e. The van der Waals surface area contributed by atoms with Crippen LogP contribution in [0.15, 0.2) is 18.2 Å². The molecule has 112 valence electrons. The second kappa shape index (κ2) is 7.29. The predicted molar refractivity (Wildman–Crippen MR) is 84.0 cm³/mol. The highest BCUT2D eigenvalue weighted by Gasteiger charge is 2.14. The van der Waals surface area contributed by atoms with E-state index in [2.05, 4.69) is 42.3 Å². The second-order valence-electron chi connectivity index (χ2n) is 5.76. The molecule has 0 unspecified atom stereocenters. The summed E-state index contributed by atoms with van der Waals surface area (Å²) in [4.78, 5) is 15.9. The van der Waals surface area contributed by atoms with E-state index in [1.807, 2.05) is 28.1 Å². The molecule has 0 aliphatic heterocycles. The van der Waals surface area contributed by atoms with Crippen molar-refractivity contribution in [2.24, 2.45) is 0 Å². The summed E-state index contributed by atoms with van der Waals surface area (Å²) in [5.41, 5.74) is 3.63. The first kappa shape index (κ1) is 16.5. The number of benzene rings is 1. The summed E-state index contributed by atoms with van der Waals surface area (Å²) >= 11 is 0. The number of hydrogen-bond acceptors (Lipinski definition) is 2. The lowest BCUT2D eigenvalue weighted by Crippen LogP contribution is -2.41. The molecule has 0 aliphatic rings. The van der Waals surface area contributed by atoms with Crippen LogP contribution in [0.1, 0.15) is 29.7 Å². The topological polar surface area (TPSA) is 35.6 Å². The Morgan fingerprint density at radius 2 is 1.85 bits per heavy atom. The molecule has 0 bridgehead atoms. The van der Waals surface area contributed by atoms with Crippen LogP contribution in [-0.4, -0.2) is 50.1 Å². The molecule has 0 saturated heterocycles. The smallest absolute Gasteiger partial charge is 0.317 e. The van der Waals surface area contributed by atoms with E-state index >= 15 is 0 Å². The molecule has 1 aromatic carbocycles. The fraction of sp³-hybridized carbons (Fsp3) is 0.562. The number of aryl methyl sites for hydroxylation is 2. The van der Waals surface area contributed by atoms with Gasteiger partial charge >= 0.3 is 6.03 Å². The van der Waals surface area contributed by atoms with E-state index in [0.717, 1.165) is 13.1 Å². The lowest BCUT2D eigenvalue weighted by Gasteiger charge is -2.23. The van der Waals surface area contributed by atoms with E-state index in [1.54, 1.807) is 4.90 Å². The van der Waals surface area contributed by atoms with Crippen molar-refractivity contribution in [2.75, 3.05) is 34.2 Å². The molecule has 0 radical (unpaired) electrons. The zero-order chi connectivity index (χ0) is 15.3. The van der Waals surface area contributed by atoms with Crippen LogP contribution < -0.4 is 5.32 Å². The molecule has 0 spiro atoms. The molecule has 1 aromatic rings. The minimum atomic E-state index is -0.0284. The number of nitrogens with one attached hydrogen (secondary N) is 1. The summed E-state index contributed by atoms with van der Waals surface area (Å²) in [6.07, 6.45) is 0. The molecule has 0 saturated carbocycles. The number of urea groups is 1. The summed E-state index contributed by atoms with van der Waals surface area (Å²) in [7, 11) is 5.83. The third kappa shape index (κ3) is 4.85. The number of carbonyl (C=O) groups excluding carboxylic acids is 1. The van der Waals surface area contributed by atoms with Crippen molar-refractivity contribution >= 4 is 6.03 Å². The Hall–Kier alpha value is -1.55. The lowest BCUT2D eigenvalue weighted by atomic mass is 10.0. The van der Waals surface area contributed by atoms with Gasteiger partial charge in [-0.25, -0.2) is 4.79 Å². The third-order valence-corrected chi connectivity index (χ3v) is 3.46. The summed E-state index contributed by atoms with van der Waals surface area (Å²) in [6, 6.07) is 6.31. The van der Waals surface area contributed by atoms with Gasteiger partial charge in [-0.05, 0) is 46.0 Å². The van der Waals surface area contributed by atoms with Crippen LogP contribution in [0.25, 0.3) is 0 Å². The van der Waals surface area contributed by atoms with Crippen LogP contribution in [0.2, 0.25) is 0 Å². The third-order valence-electron chi connectivity index (χ3n) is 3.46. The van der Waals surface area contributed by atoms with Gasteiger partial charge in [-0.3, -0.25) is 0 Å². The maximum absolute atomic E-state index is 12.1. The monoisotopic (exact) mass is 277 g/mol. The summed E-state index contributed by atoms with van der Waals surface area (Å²) in [6.45, 7) is 7.77. The number of rotatable bonds is 5. The van der Waals surface area contributed by atoms with E-state index in [9.17, 15) is 4.79 Å². The quantitative estimate of drug-likeness (QED) is 0.898. The number of hydrogen-bond donors (Lipinski definition) is 1. The molecular weight excluding hydrogens is 250 g/mol. The molecule has 0 aliphatic carbocycles. The summed E-state index contributed by atoms with van der Waals surface area (Å²) < 4.78 is 0. The van der Waals surface area contributed by atoms with Crippen molar-refractivity contribution in [1.82, 2.24) is 15.1 Å². The van der Waals surface area contributed by atoms with E-state index in [1.165, 1.54) is 16.7 Å². The molecule has 0 fully saturated rings. The van der Waals surface area contributed by atoms with Gasteiger partial charge in [0.15, 0.2) is 0 Å². The molecule has 4 nitrogen and oxygen atoms in total. The van der Waals surface area contributed by atoms with Crippen molar-refractivity contribution in [3.63, 3.8) is 0 Å². The number of likely N-dealkylation sites (N-methyl/N-ethyl adjacent to an activating group) is 2. The summed E-state index contributed by atoms with van der Waals surface area (Å²) in [5.74, 6) is 0. The molecule has 1 rings (SSSR count). The molecule has 20 heavy (non-hydrogen) atoms. The minimum absolute atomic E-state index is 0.0184. The largest absolute Gasteiger partial charge is 0.331 e. The Balaban J connectivity index is 2.60. The first-order chi connectivity index (χ1) is 9.31. The molecule has 1 atom stereocenters. The maximum atomic E-state index is 12.1. The van der Waals surface area contributed by atoms with Gasteiger partial charge in [-0.2, -0.15) is 0 Å². The van der Waals surface area contributed by atoms with Gasteiger partial charge in [0.05, 0.1) is 6.04 Å². The standard InChI is InChI=1S/C16H27N3O/c1-12-7-8-15(13(2)11-12)14(3)17-16(20)19(6)10-9-18(4)5/h7-8,11,14H,9-10H2,1-6H3,(H,17,20)/t14-/m0/s1. The van der Waals surface area contributed by atoms with Crippen molar-refractivity contribution < 1.29 is 4.79 Å². The zero-order valence-corrected chi connectivity index (χ0v) is 13.5. The zero-order valence-electron chi connectivity index (χ0n) is 13.5. The van der Waals surface area contributed by atoms with Crippen LogP contribution in [0.4, 0.5) is 4.79 Å². The molecule has 2 amide bonds. The van der Waals surface area contributed by atoms with Crippen LogP contribution in [-0.2, 0) is 0 Å². The average Bonchev–Trinajstić information content (AvgIpc) is 2.35. The van der Waals surface area contributed by atoms with Gasteiger partial charge in [0.1, 0.15) is 0 Å². The molecule has 1 N–H and O–H groups in total. The highest BCUT2D eigenvalue weighted by Crippen LogP contribution is 2.18. The van der Waals surface area contributed by atoms with Crippen LogP contribution in [0.5, 0.6) is 0 Å². The Bertz CT molecular complexity index is 457. The lowest BCUT2D eigenvalue weighted by molar-refractivity contribution is 0.200. The second-order valence-corrected chi connectivity index (χ2v) is 5.76. The van der Waals surface area contributed by atoms with E-state index in [-0.39, 0.29) is 12.1 Å². The van der Waals surface area contributed by atoms with E-state index < -0.39 is 0 Å². The van der Waals surface area contributed by atoms with Crippen LogP contribution in [0.3, 0.4) is 0 Å². The molecule has 0 aromatic heterocycles. The van der Waals surface area contributed by atoms with E-state index in [0.29, 0.717) is 0 Å². The van der Waals surface area contributed by atoms with Gasteiger partial charge in [0, 0.05) is 20.1 Å². The van der Waals surface area contributed by atoms with E-state index in [4.69, 9.17) is 0 Å². The van der Waals surface area contributed by atoms with Gasteiger partial charge in [0.25, 0.3) is 0 Å². The van der Waals surface area contributed by atoms with Gasteiger partial charge in [-0.15, -0.1) is 0 Å². The molecule has 0 heterocycles. The normalized spacial score (nSPS) is 12.3. The Kier molecular flexibility index (Phi) is 6.02. The Labute approximate surface area is 122 Å². The van der Waals surface area contributed by atoms with Crippen molar-refractivity contribution in [3.05, 3.63) is 34.9 Å². The van der Waals surface area contributed by atoms with Gasteiger partial charge in [0.2, 0.25) is 0 Å².